The van der Waals surface area contributed by atoms with Crippen molar-refractivity contribution in [1.82, 2.24) is 15.3 Å². The molecule has 0 aliphatic carbocycles. The molecule has 1 saturated heterocycles. The van der Waals surface area contributed by atoms with Gasteiger partial charge in [-0.15, -0.1) is 0 Å². The third-order valence-electron chi connectivity index (χ3n) is 7.88. The molecule has 8 nitrogen and oxygen atoms in total. The van der Waals surface area contributed by atoms with Crippen molar-refractivity contribution in [3.05, 3.63) is 83.7 Å². The van der Waals surface area contributed by atoms with Gasteiger partial charge in [0.2, 0.25) is 5.91 Å². The normalized spacial score (nSPS) is 15.9. The Labute approximate surface area is 220 Å². The number of hydrogen-bond acceptors (Lipinski definition) is 4. The molecular weight excluding hydrogens is 480 g/mol. The highest BCUT2D eigenvalue weighted by Crippen LogP contribution is 2.44. The van der Waals surface area contributed by atoms with Crippen LogP contribution in [0.25, 0.3) is 22.2 Å². The Morgan fingerprint density at radius 2 is 1.79 bits per heavy atom. The zero-order chi connectivity index (χ0) is 27.0. The van der Waals surface area contributed by atoms with Crippen molar-refractivity contribution >= 4 is 34.6 Å². The van der Waals surface area contributed by atoms with Crippen molar-refractivity contribution in [3.8, 4) is 11.1 Å². The zero-order valence-electron chi connectivity index (χ0n) is 21.6. The number of carboxylic acids is 1. The molecule has 1 aliphatic rings. The fraction of sp³-hybridized carbons (Fsp3) is 0.267. The minimum absolute atomic E-state index is 0.00866. The lowest BCUT2D eigenvalue weighted by Crippen LogP contribution is -2.35. The Morgan fingerprint density at radius 1 is 1.05 bits per heavy atom. The number of nitrogens with zero attached hydrogens (tertiary/aromatic N) is 2. The molecule has 0 radical (unpaired) electrons. The van der Waals surface area contributed by atoms with E-state index < -0.39 is 17.4 Å². The van der Waals surface area contributed by atoms with E-state index >= 15 is 0 Å². The molecule has 8 heteroatoms. The molecule has 3 aromatic carbocycles. The van der Waals surface area contributed by atoms with E-state index in [1.807, 2.05) is 42.5 Å². The number of aromatic nitrogens is 2. The second-order valence-electron chi connectivity index (χ2n) is 9.76. The van der Waals surface area contributed by atoms with Gasteiger partial charge in [-0.1, -0.05) is 75.7 Å². The van der Waals surface area contributed by atoms with Gasteiger partial charge in [-0.05, 0) is 41.7 Å². The summed E-state index contributed by atoms with van der Waals surface area (Å²) in [6.07, 6.45) is 1.66. The number of aromatic carboxylic acids is 1. The number of imide groups is 1. The van der Waals surface area contributed by atoms with Crippen LogP contribution in [0.3, 0.4) is 0 Å². The SMILES string of the molecule is CCC(C)C(CC)(c1ccc(-c2ccccc2N2CC(=O)NC2=O)cc1)c1nc2c(C(=O)O)cccc2[nH]1. The molecule has 1 aliphatic heterocycles. The highest BCUT2D eigenvalue weighted by atomic mass is 16.4. The number of aromatic amines is 1. The molecule has 0 spiro atoms. The van der Waals surface area contributed by atoms with Crippen LogP contribution in [0, 0.1) is 5.92 Å². The van der Waals surface area contributed by atoms with E-state index in [1.54, 1.807) is 12.1 Å². The van der Waals surface area contributed by atoms with E-state index in [-0.39, 0.29) is 23.9 Å². The summed E-state index contributed by atoms with van der Waals surface area (Å²) in [4.78, 5) is 45.7. The minimum Gasteiger partial charge on any atom is -0.478 e. The van der Waals surface area contributed by atoms with Gasteiger partial charge in [0.15, 0.2) is 0 Å². The molecule has 4 aromatic rings. The van der Waals surface area contributed by atoms with Crippen molar-refractivity contribution < 1.29 is 19.5 Å². The Hall–Kier alpha value is -4.46. The number of carbonyl (C=O) groups is 3. The highest BCUT2D eigenvalue weighted by Gasteiger charge is 2.40. The van der Waals surface area contributed by atoms with Crippen molar-refractivity contribution in [1.29, 1.82) is 0 Å². The zero-order valence-corrected chi connectivity index (χ0v) is 21.6. The quantitative estimate of drug-likeness (QED) is 0.262. The number of carboxylic acid groups (broad SMARTS) is 1. The highest BCUT2D eigenvalue weighted by molar-refractivity contribution is 6.13. The monoisotopic (exact) mass is 510 g/mol. The second kappa shape index (κ2) is 9.78. The summed E-state index contributed by atoms with van der Waals surface area (Å²) in [6, 6.07) is 20.5. The first kappa shape index (κ1) is 25.2. The number of amides is 3. The van der Waals surface area contributed by atoms with Crippen LogP contribution < -0.4 is 10.2 Å². The molecule has 2 heterocycles. The van der Waals surface area contributed by atoms with E-state index in [1.165, 1.54) is 4.90 Å². The van der Waals surface area contributed by atoms with Crippen LogP contribution in [0.15, 0.2) is 66.7 Å². The third-order valence-corrected chi connectivity index (χ3v) is 7.88. The molecule has 3 N–H and O–H groups in total. The summed E-state index contributed by atoms with van der Waals surface area (Å²) in [5.74, 6) is -0.369. The van der Waals surface area contributed by atoms with Gasteiger partial charge >= 0.3 is 12.0 Å². The van der Waals surface area contributed by atoms with Crippen molar-refractivity contribution in [2.24, 2.45) is 5.92 Å². The van der Waals surface area contributed by atoms with E-state index in [0.717, 1.165) is 35.4 Å². The summed E-state index contributed by atoms with van der Waals surface area (Å²) >= 11 is 0. The van der Waals surface area contributed by atoms with Crippen molar-refractivity contribution in [2.45, 2.75) is 39.0 Å². The molecule has 2 unspecified atom stereocenters. The largest absolute Gasteiger partial charge is 0.478 e. The molecular formula is C30H30N4O4. The van der Waals surface area contributed by atoms with Gasteiger partial charge in [0.1, 0.15) is 17.9 Å². The molecule has 0 saturated carbocycles. The van der Waals surface area contributed by atoms with Crippen LogP contribution in [0.4, 0.5) is 10.5 Å². The smallest absolute Gasteiger partial charge is 0.337 e. The van der Waals surface area contributed by atoms with E-state index in [0.29, 0.717) is 16.7 Å². The number of hydrogen-bond donors (Lipinski definition) is 3. The van der Waals surface area contributed by atoms with E-state index in [2.05, 4.69) is 43.2 Å². The first-order valence-corrected chi connectivity index (χ1v) is 12.8. The maximum Gasteiger partial charge on any atom is 0.337 e. The molecule has 1 aromatic heterocycles. The van der Waals surface area contributed by atoms with Crippen LogP contribution in [-0.4, -0.2) is 39.5 Å². The van der Waals surface area contributed by atoms with Crippen molar-refractivity contribution in [2.75, 3.05) is 11.4 Å². The molecule has 2 atom stereocenters. The molecule has 38 heavy (non-hydrogen) atoms. The number of anilines is 1. The molecule has 3 amide bonds. The summed E-state index contributed by atoms with van der Waals surface area (Å²) in [5.41, 5.74) is 4.38. The fourth-order valence-corrected chi connectivity index (χ4v) is 5.68. The number of fused-ring (bicyclic) bond motifs is 1. The summed E-state index contributed by atoms with van der Waals surface area (Å²) in [6.45, 7) is 6.46. The van der Waals surface area contributed by atoms with Gasteiger partial charge in [-0.3, -0.25) is 15.0 Å². The van der Waals surface area contributed by atoms with Crippen LogP contribution in [0.5, 0.6) is 0 Å². The first-order valence-electron chi connectivity index (χ1n) is 12.8. The maximum atomic E-state index is 12.3. The topological polar surface area (TPSA) is 115 Å². The number of carbonyl (C=O) groups excluding carboxylic acids is 2. The van der Waals surface area contributed by atoms with Gasteiger partial charge in [-0.25, -0.2) is 14.6 Å². The minimum atomic E-state index is -1.00. The van der Waals surface area contributed by atoms with Gasteiger partial charge in [0.25, 0.3) is 0 Å². The number of para-hydroxylation sites is 2. The number of H-pyrrole nitrogens is 1. The predicted molar refractivity (Wildman–Crippen MR) is 146 cm³/mol. The molecule has 0 bridgehead atoms. The Kier molecular flexibility index (Phi) is 6.48. The number of urea groups is 1. The summed E-state index contributed by atoms with van der Waals surface area (Å²) in [5, 5.41) is 12.0. The fourth-order valence-electron chi connectivity index (χ4n) is 5.68. The Balaban J connectivity index is 1.61. The third kappa shape index (κ3) is 4.02. The lowest BCUT2D eigenvalue weighted by Gasteiger charge is -2.37. The van der Waals surface area contributed by atoms with E-state index in [4.69, 9.17) is 4.98 Å². The summed E-state index contributed by atoms with van der Waals surface area (Å²) < 4.78 is 0. The van der Waals surface area contributed by atoms with E-state index in [9.17, 15) is 19.5 Å². The Morgan fingerprint density at radius 3 is 2.42 bits per heavy atom. The molecule has 194 valence electrons. The summed E-state index contributed by atoms with van der Waals surface area (Å²) in [7, 11) is 0. The average Bonchev–Trinajstić information content (AvgIpc) is 3.51. The lowest BCUT2D eigenvalue weighted by molar-refractivity contribution is -0.117. The molecule has 1 fully saturated rings. The predicted octanol–water partition coefficient (Wildman–Crippen LogP) is 5.73. The standard InChI is InChI=1S/C30H30N4O4/c1-4-18(3)30(5-2,28-31-23-11-8-10-22(27(36)37)26(23)33-28)20-15-13-19(14-16-20)21-9-6-7-12-24(21)34-17-25(35)32-29(34)38/h6-16,18H,4-5,17H2,1-3H3,(H,31,33)(H,36,37)(H,32,35,38). The van der Waals surface area contributed by atoms with Crippen LogP contribution in [0.1, 0.15) is 55.4 Å². The number of benzene rings is 3. The number of rotatable bonds is 8. The van der Waals surface area contributed by atoms with Gasteiger partial charge in [0.05, 0.1) is 22.2 Å². The maximum absolute atomic E-state index is 12.3. The van der Waals surface area contributed by atoms with Crippen molar-refractivity contribution in [3.63, 3.8) is 0 Å². The number of nitrogens with one attached hydrogen (secondary N) is 2. The van der Waals surface area contributed by atoms with Crippen LogP contribution in [-0.2, 0) is 10.2 Å². The van der Waals surface area contributed by atoms with Gasteiger partial charge < -0.3 is 10.1 Å². The molecule has 5 rings (SSSR count). The lowest BCUT2D eigenvalue weighted by atomic mass is 9.67. The van der Waals surface area contributed by atoms with Crippen LogP contribution >= 0.6 is 0 Å². The van der Waals surface area contributed by atoms with Gasteiger partial charge in [-0.2, -0.15) is 0 Å². The van der Waals surface area contributed by atoms with Crippen LogP contribution in [0.2, 0.25) is 0 Å². The first-order chi connectivity index (χ1) is 18.3. The Bertz CT molecular complexity index is 1540. The number of imidazole rings is 1. The van der Waals surface area contributed by atoms with Gasteiger partial charge in [0, 0.05) is 5.56 Å². The second-order valence-corrected chi connectivity index (χ2v) is 9.76. The average molecular weight is 511 g/mol.